The number of carbonyl (C=O) groups excluding carboxylic acids is 1. The lowest BCUT2D eigenvalue weighted by atomic mass is 10.0. The van der Waals surface area contributed by atoms with Gasteiger partial charge in [0.25, 0.3) is 0 Å². The Kier molecular flexibility index (Phi) is 5.57. The highest BCUT2D eigenvalue weighted by Crippen LogP contribution is 2.29. The van der Waals surface area contributed by atoms with Crippen molar-refractivity contribution in [2.24, 2.45) is 0 Å². The Morgan fingerprint density at radius 2 is 1.71 bits per heavy atom. The largest absolute Gasteiger partial charge is 0.490 e. The number of hydrogen-bond acceptors (Lipinski definition) is 3. The number of hydrogen-bond donors (Lipinski definition) is 0. The monoisotopic (exact) mass is 423 g/mol. The van der Waals surface area contributed by atoms with Crippen molar-refractivity contribution in [3.63, 3.8) is 0 Å². The lowest BCUT2D eigenvalue weighted by Gasteiger charge is -2.38. The first kappa shape index (κ1) is 20.3. The minimum Gasteiger partial charge on any atom is -0.490 e. The van der Waals surface area contributed by atoms with Crippen LogP contribution in [0.25, 0.3) is 0 Å². The molecule has 2 aromatic carbocycles. The van der Waals surface area contributed by atoms with Gasteiger partial charge in [-0.15, -0.1) is 0 Å². The Labute approximate surface area is 183 Å². The third kappa shape index (κ3) is 4.69. The molecule has 6 heteroatoms. The molecule has 0 bridgehead atoms. The van der Waals surface area contributed by atoms with E-state index < -0.39 is 0 Å². The van der Waals surface area contributed by atoms with Gasteiger partial charge in [-0.3, -0.25) is 0 Å². The number of benzene rings is 2. The van der Waals surface area contributed by atoms with Crippen molar-refractivity contribution >= 4 is 6.03 Å². The van der Waals surface area contributed by atoms with Crippen molar-refractivity contribution < 1.29 is 13.9 Å². The van der Waals surface area contributed by atoms with Gasteiger partial charge in [0.15, 0.2) is 0 Å². The number of halogens is 1. The van der Waals surface area contributed by atoms with Crippen LogP contribution in [0, 0.1) is 5.82 Å². The number of nitrogens with zero attached hydrogens (tertiary/aromatic N) is 3. The normalized spacial score (nSPS) is 20.5. The summed E-state index contributed by atoms with van der Waals surface area (Å²) in [5.41, 5.74) is 3.02. The number of likely N-dealkylation sites (tertiary alicyclic amines) is 1. The van der Waals surface area contributed by atoms with E-state index in [2.05, 4.69) is 11.9 Å². The Balaban J connectivity index is 1.38. The second-order valence-corrected chi connectivity index (χ2v) is 9.18. The molecule has 3 aliphatic rings. The highest BCUT2D eigenvalue weighted by molar-refractivity contribution is 5.75. The van der Waals surface area contributed by atoms with E-state index in [4.69, 9.17) is 4.74 Å². The number of ether oxygens (including phenoxy) is 1. The Bertz CT molecular complexity index is 936. The molecule has 5 rings (SSSR count). The number of carbonyl (C=O) groups is 1. The molecule has 0 spiro atoms. The summed E-state index contributed by atoms with van der Waals surface area (Å²) in [7, 11) is 2.12. The van der Waals surface area contributed by atoms with Crippen molar-refractivity contribution in [2.45, 2.75) is 57.5 Å². The van der Waals surface area contributed by atoms with Crippen LogP contribution in [0.5, 0.6) is 5.75 Å². The fourth-order valence-electron chi connectivity index (χ4n) is 4.59. The second kappa shape index (κ2) is 8.50. The van der Waals surface area contributed by atoms with E-state index in [1.54, 1.807) is 6.07 Å². The van der Waals surface area contributed by atoms with Crippen molar-refractivity contribution in [2.75, 3.05) is 20.1 Å². The zero-order valence-corrected chi connectivity index (χ0v) is 18.1. The second-order valence-electron chi connectivity index (χ2n) is 9.18. The fraction of sp³-hybridized carbons (Fsp3) is 0.480. The lowest BCUT2D eigenvalue weighted by molar-refractivity contribution is 0.101. The smallest absolute Gasteiger partial charge is 0.321 e. The van der Waals surface area contributed by atoms with Gasteiger partial charge in [-0.25, -0.2) is 9.18 Å². The summed E-state index contributed by atoms with van der Waals surface area (Å²) in [6.45, 7) is 3.46. The Hall–Kier alpha value is -2.60. The number of rotatable bonds is 5. The van der Waals surface area contributed by atoms with Gasteiger partial charge in [-0.1, -0.05) is 18.2 Å². The minimum atomic E-state index is -0.241. The molecule has 2 aliphatic heterocycles. The van der Waals surface area contributed by atoms with Gasteiger partial charge in [0.2, 0.25) is 0 Å². The summed E-state index contributed by atoms with van der Waals surface area (Å²) in [5, 5.41) is 0. The molecule has 0 radical (unpaired) electrons. The number of fused-ring (bicyclic) bond motifs is 1. The summed E-state index contributed by atoms with van der Waals surface area (Å²) in [5.74, 6) is 0.649. The SMILES string of the molecule is CN1CCC(N2Cc3cc(F)ccc3CN(Cc3ccc(OC4CC4)cc3)C2=O)CC1. The van der Waals surface area contributed by atoms with Crippen LogP contribution in [0.2, 0.25) is 0 Å². The molecule has 0 unspecified atom stereocenters. The first-order chi connectivity index (χ1) is 15.0. The van der Waals surface area contributed by atoms with Crippen LogP contribution in [-0.4, -0.2) is 53.0 Å². The standard InChI is InChI=1S/C25H30FN3O2/c1-27-12-10-22(11-13-27)29-17-20-14-21(26)5-4-19(20)16-28(25(29)30)15-18-2-6-23(7-3-18)31-24-8-9-24/h2-7,14,22,24H,8-13,15-17H2,1H3. The van der Waals surface area contributed by atoms with E-state index in [1.807, 2.05) is 40.1 Å². The van der Waals surface area contributed by atoms with Gasteiger partial charge >= 0.3 is 6.03 Å². The molecule has 0 aromatic heterocycles. The van der Waals surface area contributed by atoms with Crippen LogP contribution in [-0.2, 0) is 19.6 Å². The van der Waals surface area contributed by atoms with E-state index in [0.717, 1.165) is 61.2 Å². The maximum Gasteiger partial charge on any atom is 0.321 e. The first-order valence-electron chi connectivity index (χ1n) is 11.3. The molecular formula is C25H30FN3O2. The molecule has 1 aliphatic carbocycles. The fourth-order valence-corrected chi connectivity index (χ4v) is 4.59. The van der Waals surface area contributed by atoms with Gasteiger partial charge in [0.05, 0.1) is 6.10 Å². The molecule has 164 valence electrons. The third-order valence-electron chi connectivity index (χ3n) is 6.64. The van der Waals surface area contributed by atoms with Gasteiger partial charge in [0.1, 0.15) is 11.6 Å². The Morgan fingerprint density at radius 3 is 2.42 bits per heavy atom. The topological polar surface area (TPSA) is 36.0 Å². The highest BCUT2D eigenvalue weighted by Gasteiger charge is 2.33. The summed E-state index contributed by atoms with van der Waals surface area (Å²) in [4.78, 5) is 19.8. The molecule has 0 atom stereocenters. The predicted molar refractivity (Wildman–Crippen MR) is 117 cm³/mol. The zero-order chi connectivity index (χ0) is 21.4. The number of piperidine rings is 1. The van der Waals surface area contributed by atoms with Gasteiger partial charge in [-0.05, 0) is 86.8 Å². The first-order valence-corrected chi connectivity index (χ1v) is 11.3. The number of amides is 2. The van der Waals surface area contributed by atoms with Crippen LogP contribution in [0.4, 0.5) is 9.18 Å². The number of urea groups is 1. The van der Waals surface area contributed by atoms with Crippen LogP contribution in [0.15, 0.2) is 42.5 Å². The van der Waals surface area contributed by atoms with Gasteiger partial charge in [-0.2, -0.15) is 0 Å². The molecule has 5 nitrogen and oxygen atoms in total. The van der Waals surface area contributed by atoms with Crippen molar-refractivity contribution in [3.8, 4) is 5.75 Å². The van der Waals surface area contributed by atoms with Crippen LogP contribution in [0.1, 0.15) is 42.4 Å². The Morgan fingerprint density at radius 1 is 0.968 bits per heavy atom. The summed E-state index contributed by atoms with van der Waals surface area (Å²) < 4.78 is 19.8. The predicted octanol–water partition coefficient (Wildman–Crippen LogP) is 4.40. The van der Waals surface area contributed by atoms with E-state index in [0.29, 0.717) is 25.7 Å². The van der Waals surface area contributed by atoms with E-state index in [1.165, 1.54) is 6.07 Å². The van der Waals surface area contributed by atoms with E-state index in [9.17, 15) is 9.18 Å². The van der Waals surface area contributed by atoms with Crippen molar-refractivity contribution in [3.05, 3.63) is 65.0 Å². The molecular weight excluding hydrogens is 393 g/mol. The summed E-state index contributed by atoms with van der Waals surface area (Å²) in [6, 6.07) is 13.2. The quantitative estimate of drug-likeness (QED) is 0.715. The van der Waals surface area contributed by atoms with Crippen molar-refractivity contribution in [1.82, 2.24) is 14.7 Å². The van der Waals surface area contributed by atoms with E-state index >= 15 is 0 Å². The van der Waals surface area contributed by atoms with Crippen LogP contribution >= 0.6 is 0 Å². The molecule has 2 amide bonds. The zero-order valence-electron chi connectivity index (χ0n) is 18.1. The molecule has 2 fully saturated rings. The summed E-state index contributed by atoms with van der Waals surface area (Å²) >= 11 is 0. The van der Waals surface area contributed by atoms with E-state index in [-0.39, 0.29) is 17.9 Å². The average Bonchev–Trinajstić information content (AvgIpc) is 3.59. The minimum absolute atomic E-state index is 0.0458. The van der Waals surface area contributed by atoms with Gasteiger partial charge in [0, 0.05) is 25.7 Å². The molecule has 1 saturated heterocycles. The van der Waals surface area contributed by atoms with Crippen LogP contribution in [0.3, 0.4) is 0 Å². The van der Waals surface area contributed by atoms with Crippen LogP contribution < -0.4 is 4.74 Å². The maximum absolute atomic E-state index is 14.0. The molecule has 2 heterocycles. The molecule has 0 N–H and O–H groups in total. The molecule has 31 heavy (non-hydrogen) atoms. The highest BCUT2D eigenvalue weighted by atomic mass is 19.1. The van der Waals surface area contributed by atoms with Crippen molar-refractivity contribution in [1.29, 1.82) is 0 Å². The maximum atomic E-state index is 14.0. The third-order valence-corrected chi connectivity index (χ3v) is 6.64. The average molecular weight is 424 g/mol. The molecule has 1 saturated carbocycles. The molecule has 2 aromatic rings. The lowest BCUT2D eigenvalue weighted by Crippen LogP contribution is -2.49. The van der Waals surface area contributed by atoms with Gasteiger partial charge < -0.3 is 19.4 Å². The summed E-state index contributed by atoms with van der Waals surface area (Å²) in [6.07, 6.45) is 4.55.